The third-order valence-electron chi connectivity index (χ3n) is 4.59. The Labute approximate surface area is 140 Å². The van der Waals surface area contributed by atoms with E-state index in [1.807, 2.05) is 18.2 Å². The van der Waals surface area contributed by atoms with Crippen molar-refractivity contribution in [1.82, 2.24) is 0 Å². The van der Waals surface area contributed by atoms with Crippen molar-refractivity contribution < 1.29 is 14.1 Å². The molecular weight excluding hydrogens is 302 g/mol. The molecule has 1 aromatic heterocycles. The van der Waals surface area contributed by atoms with E-state index in [1.54, 1.807) is 6.07 Å². The number of benzene rings is 2. The van der Waals surface area contributed by atoms with Gasteiger partial charge in [-0.2, -0.15) is 0 Å². The highest BCUT2D eigenvalue weighted by Crippen LogP contribution is 2.30. The van der Waals surface area contributed by atoms with E-state index in [9.17, 15) is 4.79 Å². The fourth-order valence-corrected chi connectivity index (χ4v) is 3.40. The lowest BCUT2D eigenvalue weighted by atomic mass is 10.0. The molecule has 0 aliphatic carbocycles. The van der Waals surface area contributed by atoms with Crippen LogP contribution < -0.4 is 15.3 Å². The monoisotopic (exact) mass is 322 g/mol. The van der Waals surface area contributed by atoms with Crippen LogP contribution in [0.15, 0.2) is 57.7 Å². The number of quaternary nitrogens is 1. The molecule has 0 spiro atoms. The minimum Gasteiger partial charge on any atom is -0.445 e. The van der Waals surface area contributed by atoms with E-state index in [-0.39, 0.29) is 5.63 Å². The molecule has 1 unspecified atom stereocenters. The molecule has 0 fully saturated rings. The first-order chi connectivity index (χ1) is 11.7. The zero-order chi connectivity index (χ0) is 16.5. The number of ether oxygens (including phenoxy) is 1. The van der Waals surface area contributed by atoms with Crippen LogP contribution in [0.4, 0.5) is 0 Å². The molecule has 1 aliphatic rings. The summed E-state index contributed by atoms with van der Waals surface area (Å²) in [5.41, 5.74) is 3.69. The maximum Gasteiger partial charge on any atom is 0.336 e. The molecule has 3 aromatic rings. The third-order valence-corrected chi connectivity index (χ3v) is 4.59. The molecule has 122 valence electrons. The Morgan fingerprint density at radius 1 is 1.12 bits per heavy atom. The van der Waals surface area contributed by atoms with Crippen LogP contribution in [0.5, 0.6) is 5.75 Å². The first kappa shape index (κ1) is 15.0. The van der Waals surface area contributed by atoms with Gasteiger partial charge in [0.25, 0.3) is 0 Å². The first-order valence-corrected chi connectivity index (χ1v) is 8.33. The molecule has 2 heterocycles. The van der Waals surface area contributed by atoms with E-state index in [2.05, 4.69) is 31.2 Å². The van der Waals surface area contributed by atoms with Crippen LogP contribution in [-0.2, 0) is 19.5 Å². The van der Waals surface area contributed by atoms with E-state index >= 15 is 0 Å². The molecule has 4 nitrogen and oxygen atoms in total. The molecule has 4 rings (SSSR count). The summed E-state index contributed by atoms with van der Waals surface area (Å²) in [4.78, 5) is 13.2. The first-order valence-electron chi connectivity index (χ1n) is 8.33. The average molecular weight is 322 g/mol. The van der Waals surface area contributed by atoms with Crippen molar-refractivity contribution in [2.75, 3.05) is 6.73 Å². The Kier molecular flexibility index (Phi) is 3.82. The molecule has 0 saturated carbocycles. The Morgan fingerprint density at radius 3 is 2.75 bits per heavy atom. The van der Waals surface area contributed by atoms with Gasteiger partial charge in [0.05, 0.1) is 5.56 Å². The molecule has 0 saturated heterocycles. The van der Waals surface area contributed by atoms with Gasteiger partial charge in [-0.05, 0) is 24.1 Å². The zero-order valence-corrected chi connectivity index (χ0v) is 13.7. The zero-order valence-electron chi connectivity index (χ0n) is 13.7. The van der Waals surface area contributed by atoms with Gasteiger partial charge in [0.2, 0.25) is 6.73 Å². The van der Waals surface area contributed by atoms with Gasteiger partial charge in [0.15, 0.2) is 5.58 Å². The van der Waals surface area contributed by atoms with Gasteiger partial charge in [-0.15, -0.1) is 0 Å². The van der Waals surface area contributed by atoms with Crippen molar-refractivity contribution in [3.8, 4) is 5.75 Å². The summed E-state index contributed by atoms with van der Waals surface area (Å²) in [6, 6.07) is 16.0. The van der Waals surface area contributed by atoms with Crippen LogP contribution in [-0.4, -0.2) is 6.73 Å². The maximum absolute atomic E-state index is 11.9. The molecule has 0 amide bonds. The van der Waals surface area contributed by atoms with Gasteiger partial charge in [-0.3, -0.25) is 4.90 Å². The second-order valence-electron chi connectivity index (χ2n) is 6.24. The number of nitrogens with one attached hydrogen (secondary N) is 1. The fourth-order valence-electron chi connectivity index (χ4n) is 3.40. The minimum absolute atomic E-state index is 0.289. The molecule has 0 radical (unpaired) electrons. The van der Waals surface area contributed by atoms with Crippen LogP contribution in [0.1, 0.15) is 23.6 Å². The molecule has 2 aromatic carbocycles. The molecule has 0 bridgehead atoms. The lowest BCUT2D eigenvalue weighted by Crippen LogP contribution is -3.10. The highest BCUT2D eigenvalue weighted by atomic mass is 16.5. The smallest absolute Gasteiger partial charge is 0.336 e. The fraction of sp³-hybridized carbons (Fsp3) is 0.250. The molecular formula is C20H20NO3+. The largest absolute Gasteiger partial charge is 0.445 e. The van der Waals surface area contributed by atoms with Crippen molar-refractivity contribution in [3.63, 3.8) is 0 Å². The van der Waals surface area contributed by atoms with Crippen LogP contribution in [0.25, 0.3) is 11.0 Å². The third kappa shape index (κ3) is 2.69. The number of hydrogen-bond acceptors (Lipinski definition) is 3. The topological polar surface area (TPSA) is 43.9 Å². The second kappa shape index (κ2) is 6.13. The quantitative estimate of drug-likeness (QED) is 0.753. The van der Waals surface area contributed by atoms with Gasteiger partial charge < -0.3 is 9.15 Å². The van der Waals surface area contributed by atoms with Gasteiger partial charge in [-0.1, -0.05) is 37.3 Å². The maximum atomic E-state index is 11.9. The van der Waals surface area contributed by atoms with Crippen LogP contribution in [0.2, 0.25) is 0 Å². The van der Waals surface area contributed by atoms with Crippen LogP contribution in [0.3, 0.4) is 0 Å². The number of aryl methyl sites for hydroxylation is 1. The van der Waals surface area contributed by atoms with Crippen LogP contribution >= 0.6 is 0 Å². The van der Waals surface area contributed by atoms with Gasteiger partial charge >= 0.3 is 5.63 Å². The number of rotatable bonds is 3. The summed E-state index contributed by atoms with van der Waals surface area (Å²) in [5.74, 6) is 0.829. The van der Waals surface area contributed by atoms with Crippen molar-refractivity contribution in [2.24, 2.45) is 0 Å². The van der Waals surface area contributed by atoms with Gasteiger partial charge in [0.1, 0.15) is 18.8 Å². The van der Waals surface area contributed by atoms with E-state index in [0.717, 1.165) is 41.8 Å². The normalized spacial score (nSPS) is 16.6. The van der Waals surface area contributed by atoms with Gasteiger partial charge in [0, 0.05) is 17.0 Å². The minimum atomic E-state index is -0.289. The SMILES string of the molecule is CCc1cc(=O)oc2c3c(ccc12)OC[NH+](Cc1ccccc1)C3. The van der Waals surface area contributed by atoms with Crippen molar-refractivity contribution in [2.45, 2.75) is 26.4 Å². The summed E-state index contributed by atoms with van der Waals surface area (Å²) in [7, 11) is 0. The second-order valence-corrected chi connectivity index (χ2v) is 6.24. The van der Waals surface area contributed by atoms with Crippen molar-refractivity contribution in [1.29, 1.82) is 0 Å². The Bertz CT molecular complexity index is 931. The lowest BCUT2D eigenvalue weighted by Gasteiger charge is -2.26. The standard InChI is InChI=1S/C20H19NO3/c1-2-15-10-19(22)24-20-16(15)8-9-18-17(20)12-21(13-23-18)11-14-6-4-3-5-7-14/h3-10H,2,11-13H2,1H3/p+1. The highest BCUT2D eigenvalue weighted by molar-refractivity contribution is 5.85. The summed E-state index contributed by atoms with van der Waals surface area (Å²) >= 11 is 0. The predicted molar refractivity (Wildman–Crippen MR) is 92.2 cm³/mol. The predicted octanol–water partition coefficient (Wildman–Crippen LogP) is 2.29. The summed E-state index contributed by atoms with van der Waals surface area (Å²) in [6.45, 7) is 4.34. The van der Waals surface area contributed by atoms with Crippen molar-refractivity contribution >= 4 is 11.0 Å². The molecule has 1 atom stereocenters. The average Bonchev–Trinajstić information content (AvgIpc) is 2.62. The number of hydrogen-bond donors (Lipinski definition) is 1. The summed E-state index contributed by atoms with van der Waals surface area (Å²) in [5, 5.41) is 1.01. The molecule has 24 heavy (non-hydrogen) atoms. The Balaban J connectivity index is 1.74. The summed E-state index contributed by atoms with van der Waals surface area (Å²) < 4.78 is 11.5. The van der Waals surface area contributed by atoms with E-state index in [0.29, 0.717) is 12.3 Å². The van der Waals surface area contributed by atoms with Crippen LogP contribution in [0, 0.1) is 0 Å². The molecule has 1 N–H and O–H groups in total. The molecule has 4 heteroatoms. The number of fused-ring (bicyclic) bond motifs is 3. The van der Waals surface area contributed by atoms with E-state index < -0.39 is 0 Å². The van der Waals surface area contributed by atoms with Crippen molar-refractivity contribution in [3.05, 3.63) is 75.6 Å². The Morgan fingerprint density at radius 2 is 1.96 bits per heavy atom. The van der Waals surface area contributed by atoms with Gasteiger partial charge in [-0.25, -0.2) is 4.79 Å². The Hall–Kier alpha value is -2.59. The summed E-state index contributed by atoms with van der Waals surface area (Å²) in [6.07, 6.45) is 0.808. The lowest BCUT2D eigenvalue weighted by molar-refractivity contribution is -0.945. The van der Waals surface area contributed by atoms with E-state index in [4.69, 9.17) is 9.15 Å². The molecule has 1 aliphatic heterocycles. The van der Waals surface area contributed by atoms with E-state index in [1.165, 1.54) is 10.5 Å². The highest BCUT2D eigenvalue weighted by Gasteiger charge is 2.25.